The zero-order chi connectivity index (χ0) is 21.7. The molecule has 0 saturated carbocycles. The molecule has 0 spiro atoms. The molecule has 0 unspecified atom stereocenters. The molecule has 0 bridgehead atoms. The fraction of sp³-hybridized carbons (Fsp3) is 0.273. The second kappa shape index (κ2) is 9.87. The summed E-state index contributed by atoms with van der Waals surface area (Å²) in [5, 5.41) is 2.20. The van der Waals surface area contributed by atoms with Crippen LogP contribution in [0.1, 0.15) is 26.7 Å². The van der Waals surface area contributed by atoms with E-state index in [0.717, 1.165) is 0 Å². The van der Waals surface area contributed by atoms with Gasteiger partial charge in [0.1, 0.15) is 0 Å². The highest BCUT2D eigenvalue weighted by atomic mass is 35.5. The van der Waals surface area contributed by atoms with Crippen LogP contribution in [0.3, 0.4) is 0 Å². The minimum absolute atomic E-state index is 0.170. The molecule has 0 saturated heterocycles. The van der Waals surface area contributed by atoms with E-state index in [4.69, 9.17) is 42.1 Å². The van der Waals surface area contributed by atoms with Gasteiger partial charge in [0.25, 0.3) is 0 Å². The monoisotopic (exact) mass is 450 g/mol. The summed E-state index contributed by atoms with van der Waals surface area (Å²) in [5.74, 6) is 0.340. The molecule has 3 rings (SSSR count). The summed E-state index contributed by atoms with van der Waals surface area (Å²) in [4.78, 5) is 24.4. The lowest BCUT2D eigenvalue weighted by atomic mass is 10.0. The van der Waals surface area contributed by atoms with Crippen molar-refractivity contribution in [3.63, 3.8) is 0 Å². The van der Waals surface area contributed by atoms with Crippen LogP contribution in [0.5, 0.6) is 11.5 Å². The lowest BCUT2D eigenvalue weighted by molar-refractivity contribution is 0.0984. The molecule has 0 fully saturated rings. The fourth-order valence-corrected chi connectivity index (χ4v) is 3.44. The van der Waals surface area contributed by atoms with Crippen molar-refractivity contribution >= 4 is 57.1 Å². The summed E-state index contributed by atoms with van der Waals surface area (Å²) < 4.78 is 21.2. The highest BCUT2D eigenvalue weighted by Gasteiger charge is 2.24. The minimum Gasteiger partial charge on any atom is -0.434 e. The third-order valence-corrected chi connectivity index (χ3v) is 4.82. The molecule has 3 aromatic carbocycles. The molecule has 0 amide bonds. The number of carbonyl (C=O) groups excluding carboxylic acids is 2. The maximum absolute atomic E-state index is 12.2. The van der Waals surface area contributed by atoms with Crippen LogP contribution in [-0.4, -0.2) is 25.5 Å². The molecular weight excluding hydrogens is 431 g/mol. The number of benzene rings is 3. The standard InChI is InChI=1S/C22H20Cl2O6/c1-3-11-27-21(25)29-19-13-7-5-6-8-14(13)20(30-22(26)28-12-4-2)18-16(24)10-9-15(23)17(18)19/h5-10H,3-4,11-12H2,1-2H3. The van der Waals surface area contributed by atoms with Gasteiger partial charge in [-0.2, -0.15) is 0 Å². The molecule has 8 heteroatoms. The Morgan fingerprint density at radius 3 is 1.50 bits per heavy atom. The van der Waals surface area contributed by atoms with Gasteiger partial charge in [0.15, 0.2) is 11.5 Å². The van der Waals surface area contributed by atoms with Crippen molar-refractivity contribution in [2.75, 3.05) is 13.2 Å². The lowest BCUT2D eigenvalue weighted by Crippen LogP contribution is -2.13. The van der Waals surface area contributed by atoms with E-state index < -0.39 is 12.3 Å². The lowest BCUT2D eigenvalue weighted by Gasteiger charge is -2.17. The summed E-state index contributed by atoms with van der Waals surface area (Å²) >= 11 is 12.9. The van der Waals surface area contributed by atoms with Gasteiger partial charge in [-0.15, -0.1) is 0 Å². The van der Waals surface area contributed by atoms with E-state index in [1.165, 1.54) is 0 Å². The van der Waals surface area contributed by atoms with Gasteiger partial charge in [0.2, 0.25) is 0 Å². The first-order valence-electron chi connectivity index (χ1n) is 9.49. The molecule has 3 aromatic rings. The van der Waals surface area contributed by atoms with Crippen LogP contribution >= 0.6 is 23.2 Å². The van der Waals surface area contributed by atoms with Crippen molar-refractivity contribution in [3.8, 4) is 11.5 Å². The Labute approximate surface area is 183 Å². The third-order valence-electron chi connectivity index (χ3n) is 4.19. The highest BCUT2D eigenvalue weighted by molar-refractivity contribution is 6.42. The first kappa shape index (κ1) is 22.0. The Morgan fingerprint density at radius 2 is 1.13 bits per heavy atom. The van der Waals surface area contributed by atoms with Crippen molar-refractivity contribution in [1.29, 1.82) is 0 Å². The van der Waals surface area contributed by atoms with Gasteiger partial charge in [-0.1, -0.05) is 61.3 Å². The van der Waals surface area contributed by atoms with Crippen molar-refractivity contribution in [1.82, 2.24) is 0 Å². The van der Waals surface area contributed by atoms with Crippen LogP contribution in [0.4, 0.5) is 9.59 Å². The van der Waals surface area contributed by atoms with Crippen LogP contribution in [-0.2, 0) is 9.47 Å². The smallest absolute Gasteiger partial charge is 0.434 e. The molecule has 0 aliphatic carbocycles. The molecule has 0 heterocycles. The van der Waals surface area contributed by atoms with E-state index in [9.17, 15) is 9.59 Å². The second-order valence-corrected chi connectivity index (χ2v) is 7.20. The largest absolute Gasteiger partial charge is 0.513 e. The summed E-state index contributed by atoms with van der Waals surface area (Å²) in [6, 6.07) is 10.1. The first-order valence-corrected chi connectivity index (χ1v) is 10.2. The number of ether oxygens (including phenoxy) is 4. The molecule has 0 atom stereocenters. The third kappa shape index (κ3) is 4.55. The van der Waals surface area contributed by atoms with E-state index in [-0.39, 0.29) is 34.8 Å². The van der Waals surface area contributed by atoms with Crippen LogP contribution in [0, 0.1) is 0 Å². The Hall–Kier alpha value is -2.70. The molecule has 0 N–H and O–H groups in total. The van der Waals surface area contributed by atoms with E-state index in [0.29, 0.717) is 34.4 Å². The zero-order valence-electron chi connectivity index (χ0n) is 16.5. The van der Waals surface area contributed by atoms with Gasteiger partial charge in [-0.25, -0.2) is 9.59 Å². The van der Waals surface area contributed by atoms with Crippen molar-refractivity contribution in [3.05, 3.63) is 46.4 Å². The average molecular weight is 451 g/mol. The summed E-state index contributed by atoms with van der Waals surface area (Å²) in [5.41, 5.74) is 0. The highest BCUT2D eigenvalue weighted by Crippen LogP contribution is 2.48. The topological polar surface area (TPSA) is 71.1 Å². The molecular formula is C22H20Cl2O6. The van der Waals surface area contributed by atoms with Crippen molar-refractivity contribution < 1.29 is 28.5 Å². The number of hydrogen-bond acceptors (Lipinski definition) is 6. The molecule has 30 heavy (non-hydrogen) atoms. The van der Waals surface area contributed by atoms with E-state index in [1.54, 1.807) is 36.4 Å². The minimum atomic E-state index is -0.865. The number of hydrogen-bond donors (Lipinski definition) is 0. The zero-order valence-corrected chi connectivity index (χ0v) is 18.0. The van der Waals surface area contributed by atoms with Crippen LogP contribution in [0.15, 0.2) is 36.4 Å². The quantitative estimate of drug-likeness (QED) is 0.225. The predicted octanol–water partition coefficient (Wildman–Crippen LogP) is 7.15. The van der Waals surface area contributed by atoms with Gasteiger partial charge < -0.3 is 18.9 Å². The Bertz CT molecular complexity index is 1010. The van der Waals surface area contributed by atoms with Gasteiger partial charge in [-0.05, 0) is 25.0 Å². The molecule has 0 aliphatic rings. The van der Waals surface area contributed by atoms with Gasteiger partial charge >= 0.3 is 12.3 Å². The maximum atomic E-state index is 12.2. The number of halogens is 2. The van der Waals surface area contributed by atoms with E-state index in [1.807, 2.05) is 13.8 Å². The SMILES string of the molecule is CCCOC(=O)Oc1c2ccccc2c(OC(=O)OCCC)c2c(Cl)ccc(Cl)c12. The molecule has 158 valence electrons. The molecule has 0 radical (unpaired) electrons. The average Bonchev–Trinajstić information content (AvgIpc) is 2.74. The predicted molar refractivity (Wildman–Crippen MR) is 116 cm³/mol. The van der Waals surface area contributed by atoms with Gasteiger partial charge in [-0.3, -0.25) is 0 Å². The summed E-state index contributed by atoms with van der Waals surface area (Å²) in [7, 11) is 0. The second-order valence-electron chi connectivity index (χ2n) is 6.38. The Balaban J connectivity index is 2.26. The summed E-state index contributed by atoms with van der Waals surface area (Å²) in [6.45, 7) is 4.18. The summed E-state index contributed by atoms with van der Waals surface area (Å²) in [6.07, 6.45) is -0.434. The normalized spacial score (nSPS) is 10.8. The molecule has 0 aliphatic heterocycles. The van der Waals surface area contributed by atoms with Gasteiger partial charge in [0.05, 0.1) is 23.3 Å². The Morgan fingerprint density at radius 1 is 0.733 bits per heavy atom. The maximum Gasteiger partial charge on any atom is 0.513 e. The number of rotatable bonds is 6. The number of fused-ring (bicyclic) bond motifs is 2. The van der Waals surface area contributed by atoms with Crippen LogP contribution < -0.4 is 9.47 Å². The van der Waals surface area contributed by atoms with Gasteiger partial charge in [0, 0.05) is 21.5 Å². The molecule has 0 aromatic heterocycles. The number of carbonyl (C=O) groups is 2. The molecule has 6 nitrogen and oxygen atoms in total. The first-order chi connectivity index (χ1) is 14.5. The van der Waals surface area contributed by atoms with E-state index >= 15 is 0 Å². The van der Waals surface area contributed by atoms with Crippen LogP contribution in [0.25, 0.3) is 21.5 Å². The Kier molecular flexibility index (Phi) is 7.24. The van der Waals surface area contributed by atoms with Crippen molar-refractivity contribution in [2.24, 2.45) is 0 Å². The van der Waals surface area contributed by atoms with Crippen molar-refractivity contribution in [2.45, 2.75) is 26.7 Å². The van der Waals surface area contributed by atoms with E-state index in [2.05, 4.69) is 0 Å². The fourth-order valence-electron chi connectivity index (χ4n) is 2.95. The van der Waals surface area contributed by atoms with Crippen LogP contribution in [0.2, 0.25) is 10.0 Å².